The number of halogens is 3. The molecule has 2 rings (SSSR count). The van der Waals surface area contributed by atoms with Crippen molar-refractivity contribution < 1.29 is 9.18 Å². The third-order valence-corrected chi connectivity index (χ3v) is 3.63. The summed E-state index contributed by atoms with van der Waals surface area (Å²) in [4.78, 5) is 12.0. The fraction of sp³-hybridized carbons (Fsp3) is 0.133. The van der Waals surface area contributed by atoms with Gasteiger partial charge in [0.05, 0.1) is 10.6 Å². The first-order valence-electron chi connectivity index (χ1n) is 6.04. The van der Waals surface area contributed by atoms with Crippen molar-refractivity contribution in [2.24, 2.45) is 0 Å². The Hall–Kier alpha value is -1.39. The summed E-state index contributed by atoms with van der Waals surface area (Å²) in [7, 11) is 0. The predicted molar refractivity (Wildman–Crippen MR) is 81.6 cm³/mol. The zero-order chi connectivity index (χ0) is 14.5. The summed E-state index contributed by atoms with van der Waals surface area (Å²) in [5.74, 6) is -0.533. The molecule has 0 unspecified atom stereocenters. The Morgan fingerprint density at radius 3 is 2.75 bits per heavy atom. The lowest BCUT2D eigenvalue weighted by Gasteiger charge is -2.08. The van der Waals surface area contributed by atoms with Crippen LogP contribution in [0.1, 0.15) is 15.9 Å². The van der Waals surface area contributed by atoms with Crippen LogP contribution in [0.25, 0.3) is 0 Å². The summed E-state index contributed by atoms with van der Waals surface area (Å²) < 4.78 is 14.2. The van der Waals surface area contributed by atoms with E-state index in [0.717, 1.165) is 4.47 Å². The van der Waals surface area contributed by atoms with Gasteiger partial charge in [-0.25, -0.2) is 4.39 Å². The largest absolute Gasteiger partial charge is 0.352 e. The van der Waals surface area contributed by atoms with Gasteiger partial charge in [0.2, 0.25) is 0 Å². The van der Waals surface area contributed by atoms with Gasteiger partial charge in [0, 0.05) is 11.0 Å². The van der Waals surface area contributed by atoms with Gasteiger partial charge in [0.25, 0.3) is 5.91 Å². The van der Waals surface area contributed by atoms with E-state index in [1.807, 2.05) is 0 Å². The van der Waals surface area contributed by atoms with Crippen LogP contribution < -0.4 is 5.32 Å². The Morgan fingerprint density at radius 1 is 1.25 bits per heavy atom. The van der Waals surface area contributed by atoms with Crippen molar-refractivity contribution in [1.29, 1.82) is 0 Å². The maximum Gasteiger partial charge on any atom is 0.252 e. The fourth-order valence-corrected chi connectivity index (χ4v) is 2.34. The Kier molecular flexibility index (Phi) is 5.15. The first kappa shape index (κ1) is 15.0. The van der Waals surface area contributed by atoms with E-state index in [2.05, 4.69) is 21.2 Å². The lowest BCUT2D eigenvalue weighted by Crippen LogP contribution is -2.26. The molecule has 0 spiro atoms. The van der Waals surface area contributed by atoms with Crippen LogP contribution in [-0.4, -0.2) is 12.5 Å². The van der Waals surface area contributed by atoms with Crippen molar-refractivity contribution >= 4 is 33.4 Å². The SMILES string of the molecule is O=C(NCCc1ccccc1F)c1cc(Br)ccc1Cl. The van der Waals surface area contributed by atoms with Crippen molar-refractivity contribution in [3.63, 3.8) is 0 Å². The van der Waals surface area contributed by atoms with Crippen LogP contribution in [0.4, 0.5) is 4.39 Å². The summed E-state index contributed by atoms with van der Waals surface area (Å²) in [6.45, 7) is 0.350. The fourth-order valence-electron chi connectivity index (χ4n) is 1.78. The third kappa shape index (κ3) is 3.81. The molecule has 0 fully saturated rings. The van der Waals surface area contributed by atoms with E-state index in [-0.39, 0.29) is 11.7 Å². The van der Waals surface area contributed by atoms with Crippen molar-refractivity contribution in [2.75, 3.05) is 6.54 Å². The maximum atomic E-state index is 13.4. The second-order valence-electron chi connectivity index (χ2n) is 4.22. The van der Waals surface area contributed by atoms with Crippen molar-refractivity contribution in [3.8, 4) is 0 Å². The summed E-state index contributed by atoms with van der Waals surface area (Å²) in [6.07, 6.45) is 0.435. The molecular weight excluding hydrogens is 345 g/mol. The molecule has 1 amide bonds. The predicted octanol–water partition coefficient (Wildman–Crippen LogP) is 4.21. The molecule has 0 atom stereocenters. The molecule has 0 aromatic heterocycles. The molecule has 0 aliphatic heterocycles. The van der Waals surface area contributed by atoms with Crippen LogP contribution in [0.2, 0.25) is 5.02 Å². The van der Waals surface area contributed by atoms with E-state index >= 15 is 0 Å². The van der Waals surface area contributed by atoms with Gasteiger partial charge in [-0.15, -0.1) is 0 Å². The number of hydrogen-bond donors (Lipinski definition) is 1. The minimum atomic E-state index is -0.271. The minimum absolute atomic E-state index is 0.262. The van der Waals surface area contributed by atoms with E-state index < -0.39 is 0 Å². The number of hydrogen-bond acceptors (Lipinski definition) is 1. The lowest BCUT2D eigenvalue weighted by molar-refractivity contribution is 0.0954. The van der Waals surface area contributed by atoms with Gasteiger partial charge in [-0.2, -0.15) is 0 Å². The minimum Gasteiger partial charge on any atom is -0.352 e. The Bertz CT molecular complexity index is 633. The summed E-state index contributed by atoms with van der Waals surface area (Å²) in [6, 6.07) is 11.6. The van der Waals surface area contributed by atoms with E-state index in [4.69, 9.17) is 11.6 Å². The van der Waals surface area contributed by atoms with Crippen molar-refractivity contribution in [3.05, 3.63) is 68.9 Å². The molecule has 2 aromatic rings. The summed E-state index contributed by atoms with van der Waals surface area (Å²) >= 11 is 9.26. The molecule has 0 aliphatic rings. The highest BCUT2D eigenvalue weighted by Gasteiger charge is 2.10. The summed E-state index contributed by atoms with van der Waals surface area (Å²) in [5.41, 5.74) is 0.975. The molecule has 20 heavy (non-hydrogen) atoms. The quantitative estimate of drug-likeness (QED) is 0.873. The van der Waals surface area contributed by atoms with Crippen LogP contribution in [-0.2, 0) is 6.42 Å². The standard InChI is InChI=1S/C15H12BrClFNO/c16-11-5-6-13(17)12(9-11)15(20)19-8-7-10-3-1-2-4-14(10)18/h1-6,9H,7-8H2,(H,19,20). The first-order chi connectivity index (χ1) is 9.58. The molecule has 0 heterocycles. The lowest BCUT2D eigenvalue weighted by atomic mass is 10.1. The number of carbonyl (C=O) groups is 1. The molecule has 0 bridgehead atoms. The Labute approximate surface area is 130 Å². The Morgan fingerprint density at radius 2 is 2.00 bits per heavy atom. The highest BCUT2D eigenvalue weighted by Crippen LogP contribution is 2.20. The number of carbonyl (C=O) groups excluding carboxylic acids is 1. The van der Waals surface area contributed by atoms with Gasteiger partial charge < -0.3 is 5.32 Å². The smallest absolute Gasteiger partial charge is 0.252 e. The maximum absolute atomic E-state index is 13.4. The first-order valence-corrected chi connectivity index (χ1v) is 7.21. The van der Waals surface area contributed by atoms with Crippen LogP contribution in [0.5, 0.6) is 0 Å². The Balaban J connectivity index is 1.96. The normalized spacial score (nSPS) is 10.3. The van der Waals surface area contributed by atoms with Crippen LogP contribution in [0.3, 0.4) is 0 Å². The summed E-state index contributed by atoms with van der Waals surface area (Å²) in [5, 5.41) is 3.12. The van der Waals surface area contributed by atoms with Gasteiger partial charge in [-0.05, 0) is 36.2 Å². The molecule has 0 saturated heterocycles. The molecule has 1 N–H and O–H groups in total. The van der Waals surface area contributed by atoms with Crippen molar-refractivity contribution in [1.82, 2.24) is 5.32 Å². The van der Waals surface area contributed by atoms with E-state index in [0.29, 0.717) is 29.1 Å². The van der Waals surface area contributed by atoms with Gasteiger partial charge in [0.1, 0.15) is 5.82 Å². The van der Waals surface area contributed by atoms with Crippen LogP contribution >= 0.6 is 27.5 Å². The molecule has 104 valence electrons. The monoisotopic (exact) mass is 355 g/mol. The number of benzene rings is 2. The molecule has 5 heteroatoms. The molecular formula is C15H12BrClFNO. The molecule has 0 radical (unpaired) electrons. The van der Waals surface area contributed by atoms with Gasteiger partial charge in [0.15, 0.2) is 0 Å². The van der Waals surface area contributed by atoms with Crippen LogP contribution in [0.15, 0.2) is 46.9 Å². The highest BCUT2D eigenvalue weighted by molar-refractivity contribution is 9.10. The molecule has 2 nitrogen and oxygen atoms in total. The molecule has 0 saturated carbocycles. The zero-order valence-corrected chi connectivity index (χ0v) is 12.8. The second kappa shape index (κ2) is 6.86. The topological polar surface area (TPSA) is 29.1 Å². The third-order valence-electron chi connectivity index (χ3n) is 2.81. The van der Waals surface area contributed by atoms with E-state index in [1.54, 1.807) is 36.4 Å². The number of rotatable bonds is 4. The zero-order valence-electron chi connectivity index (χ0n) is 10.5. The average molecular weight is 357 g/mol. The number of nitrogens with one attached hydrogen (secondary N) is 1. The van der Waals surface area contributed by atoms with Gasteiger partial charge in [-0.3, -0.25) is 4.79 Å². The van der Waals surface area contributed by atoms with Crippen LogP contribution in [0, 0.1) is 5.82 Å². The molecule has 2 aromatic carbocycles. The second-order valence-corrected chi connectivity index (χ2v) is 5.54. The average Bonchev–Trinajstić information content (AvgIpc) is 2.43. The highest BCUT2D eigenvalue weighted by atomic mass is 79.9. The van der Waals surface area contributed by atoms with Gasteiger partial charge in [-0.1, -0.05) is 45.7 Å². The molecule has 0 aliphatic carbocycles. The van der Waals surface area contributed by atoms with E-state index in [9.17, 15) is 9.18 Å². The van der Waals surface area contributed by atoms with Gasteiger partial charge >= 0.3 is 0 Å². The number of amides is 1. The van der Waals surface area contributed by atoms with E-state index in [1.165, 1.54) is 6.07 Å². The van der Waals surface area contributed by atoms with Crippen molar-refractivity contribution in [2.45, 2.75) is 6.42 Å².